The van der Waals surface area contributed by atoms with Crippen LogP contribution in [0, 0.1) is 18.7 Å². The van der Waals surface area contributed by atoms with Crippen molar-refractivity contribution < 1.29 is 17.6 Å². The molecule has 0 bridgehead atoms. The van der Waals surface area contributed by atoms with Crippen molar-refractivity contribution in [2.75, 3.05) is 13.1 Å². The lowest BCUT2D eigenvalue weighted by Gasteiger charge is -2.30. The molecule has 1 heterocycles. The number of benzene rings is 1. The normalized spacial score (nSPS) is 20.8. The van der Waals surface area contributed by atoms with E-state index in [1.807, 2.05) is 0 Å². The summed E-state index contributed by atoms with van der Waals surface area (Å²) in [5.74, 6) is -1.39. The molecule has 2 rings (SSSR count). The van der Waals surface area contributed by atoms with Crippen molar-refractivity contribution >= 4 is 15.9 Å². The van der Waals surface area contributed by atoms with Gasteiger partial charge in [0.2, 0.25) is 15.9 Å². The second-order valence-electron chi connectivity index (χ2n) is 5.02. The zero-order valence-electron chi connectivity index (χ0n) is 11.2. The summed E-state index contributed by atoms with van der Waals surface area (Å²) in [4.78, 5) is 11.3. The van der Waals surface area contributed by atoms with Gasteiger partial charge in [0.1, 0.15) is 5.82 Å². The molecule has 0 radical (unpaired) electrons. The van der Waals surface area contributed by atoms with Gasteiger partial charge in [-0.15, -0.1) is 0 Å². The van der Waals surface area contributed by atoms with Gasteiger partial charge >= 0.3 is 0 Å². The number of amides is 1. The average Bonchev–Trinajstić information content (AvgIpc) is 2.42. The molecule has 1 aromatic rings. The van der Waals surface area contributed by atoms with Crippen LogP contribution in [0.15, 0.2) is 23.1 Å². The van der Waals surface area contributed by atoms with Crippen molar-refractivity contribution in [1.29, 1.82) is 0 Å². The minimum absolute atomic E-state index is 0.0431. The summed E-state index contributed by atoms with van der Waals surface area (Å²) in [6, 6.07) is 3.68. The molecule has 1 amide bonds. The van der Waals surface area contributed by atoms with E-state index in [0.717, 1.165) is 6.07 Å². The van der Waals surface area contributed by atoms with E-state index in [1.54, 1.807) is 0 Å². The number of rotatable bonds is 3. The Morgan fingerprint density at radius 2 is 2.15 bits per heavy atom. The Balaban J connectivity index is 2.29. The Bertz CT molecular complexity index is 631. The molecule has 1 saturated heterocycles. The van der Waals surface area contributed by atoms with Gasteiger partial charge in [-0.3, -0.25) is 4.79 Å². The monoisotopic (exact) mass is 300 g/mol. The Morgan fingerprint density at radius 1 is 1.45 bits per heavy atom. The van der Waals surface area contributed by atoms with Crippen LogP contribution in [0.1, 0.15) is 18.4 Å². The summed E-state index contributed by atoms with van der Waals surface area (Å²) in [7, 11) is -3.71. The fourth-order valence-electron chi connectivity index (χ4n) is 2.32. The lowest BCUT2D eigenvalue weighted by molar-refractivity contribution is -0.122. The van der Waals surface area contributed by atoms with Crippen LogP contribution in [-0.2, 0) is 14.8 Å². The van der Waals surface area contributed by atoms with Gasteiger partial charge in [0.05, 0.1) is 10.8 Å². The fourth-order valence-corrected chi connectivity index (χ4v) is 3.93. The standard InChI is InChI=1S/C13H17FN2O3S/c1-9-7-11(4-5-12(9)14)20(18,19)16-6-2-3-10(8-16)13(15)17/h4-5,7,10H,2-3,6,8H2,1H3,(H2,15,17). The minimum Gasteiger partial charge on any atom is -0.369 e. The number of hydrogen-bond acceptors (Lipinski definition) is 3. The number of nitrogens with zero attached hydrogens (tertiary/aromatic N) is 1. The van der Waals surface area contributed by atoms with Crippen LogP contribution >= 0.6 is 0 Å². The second kappa shape index (κ2) is 5.49. The van der Waals surface area contributed by atoms with Crippen molar-refractivity contribution in [3.8, 4) is 0 Å². The smallest absolute Gasteiger partial charge is 0.243 e. The number of carbonyl (C=O) groups is 1. The Labute approximate surface area is 117 Å². The molecule has 0 aliphatic carbocycles. The first-order chi connectivity index (χ1) is 9.32. The van der Waals surface area contributed by atoms with Crippen LogP contribution in [0.2, 0.25) is 0 Å². The molecule has 110 valence electrons. The molecule has 1 fully saturated rings. The van der Waals surface area contributed by atoms with E-state index in [4.69, 9.17) is 5.73 Å². The minimum atomic E-state index is -3.71. The zero-order valence-corrected chi connectivity index (χ0v) is 12.0. The molecule has 1 aliphatic heterocycles. The third-order valence-electron chi connectivity index (χ3n) is 3.55. The van der Waals surface area contributed by atoms with E-state index in [2.05, 4.69) is 0 Å². The second-order valence-corrected chi connectivity index (χ2v) is 6.95. The molecule has 1 aromatic carbocycles. The molecule has 20 heavy (non-hydrogen) atoms. The number of aryl methyl sites for hydroxylation is 1. The third-order valence-corrected chi connectivity index (χ3v) is 5.41. The average molecular weight is 300 g/mol. The van der Waals surface area contributed by atoms with Gasteiger partial charge in [0.15, 0.2) is 0 Å². The first-order valence-corrected chi connectivity index (χ1v) is 7.82. The maximum absolute atomic E-state index is 13.2. The number of hydrogen-bond donors (Lipinski definition) is 1. The molecule has 5 nitrogen and oxygen atoms in total. The van der Waals surface area contributed by atoms with Crippen LogP contribution in [0.3, 0.4) is 0 Å². The molecule has 0 aromatic heterocycles. The molecule has 1 unspecified atom stereocenters. The highest BCUT2D eigenvalue weighted by atomic mass is 32.2. The molecule has 0 saturated carbocycles. The van der Waals surface area contributed by atoms with Crippen molar-refractivity contribution in [1.82, 2.24) is 4.31 Å². The van der Waals surface area contributed by atoms with E-state index in [1.165, 1.54) is 23.4 Å². The summed E-state index contributed by atoms with van der Waals surface area (Å²) in [6.45, 7) is 1.95. The van der Waals surface area contributed by atoms with Crippen molar-refractivity contribution in [3.05, 3.63) is 29.6 Å². The van der Waals surface area contributed by atoms with Gasteiger partial charge in [-0.25, -0.2) is 12.8 Å². The fraction of sp³-hybridized carbons (Fsp3) is 0.462. The summed E-state index contributed by atoms with van der Waals surface area (Å²) in [5.41, 5.74) is 5.52. The molecule has 1 aliphatic rings. The van der Waals surface area contributed by atoms with Crippen molar-refractivity contribution in [2.45, 2.75) is 24.7 Å². The Hall–Kier alpha value is -1.47. The van der Waals surface area contributed by atoms with Crippen LogP contribution in [0.25, 0.3) is 0 Å². The number of sulfonamides is 1. The van der Waals surface area contributed by atoms with Gasteiger partial charge < -0.3 is 5.73 Å². The first kappa shape index (κ1) is 14.9. The summed E-state index contributed by atoms with van der Waals surface area (Å²) >= 11 is 0. The topological polar surface area (TPSA) is 80.5 Å². The van der Waals surface area contributed by atoms with Crippen LogP contribution < -0.4 is 5.73 Å². The third kappa shape index (κ3) is 2.83. The lowest BCUT2D eigenvalue weighted by Crippen LogP contribution is -2.44. The number of primary amides is 1. The molecule has 1 atom stereocenters. The highest BCUT2D eigenvalue weighted by Gasteiger charge is 2.32. The quantitative estimate of drug-likeness (QED) is 0.905. The van der Waals surface area contributed by atoms with E-state index in [-0.39, 0.29) is 17.0 Å². The predicted octanol–water partition coefficient (Wildman–Crippen LogP) is 1.02. The zero-order chi connectivity index (χ0) is 14.9. The van der Waals surface area contributed by atoms with Crippen LogP contribution in [-0.4, -0.2) is 31.7 Å². The van der Waals surface area contributed by atoms with Gasteiger partial charge in [-0.05, 0) is 43.5 Å². The summed E-state index contributed by atoms with van der Waals surface area (Å²) < 4.78 is 39.4. The molecule has 7 heteroatoms. The molecular weight excluding hydrogens is 283 g/mol. The van der Waals surface area contributed by atoms with Crippen LogP contribution in [0.5, 0.6) is 0 Å². The van der Waals surface area contributed by atoms with E-state index in [9.17, 15) is 17.6 Å². The van der Waals surface area contributed by atoms with Crippen LogP contribution in [0.4, 0.5) is 4.39 Å². The SMILES string of the molecule is Cc1cc(S(=O)(=O)N2CCCC(C(N)=O)C2)ccc1F. The van der Waals surface area contributed by atoms with E-state index in [0.29, 0.717) is 19.4 Å². The maximum atomic E-state index is 13.2. The molecular formula is C13H17FN2O3S. The van der Waals surface area contributed by atoms with Gasteiger partial charge in [0.25, 0.3) is 0 Å². The number of nitrogens with two attached hydrogens (primary N) is 1. The maximum Gasteiger partial charge on any atom is 0.243 e. The van der Waals surface area contributed by atoms with Crippen molar-refractivity contribution in [3.63, 3.8) is 0 Å². The van der Waals surface area contributed by atoms with E-state index < -0.39 is 27.7 Å². The van der Waals surface area contributed by atoms with E-state index >= 15 is 0 Å². The number of piperidine rings is 1. The van der Waals surface area contributed by atoms with Crippen molar-refractivity contribution in [2.24, 2.45) is 11.7 Å². The van der Waals surface area contributed by atoms with Gasteiger partial charge in [0, 0.05) is 13.1 Å². The number of carbonyl (C=O) groups excluding carboxylic acids is 1. The summed E-state index contributed by atoms with van der Waals surface area (Å²) in [5, 5.41) is 0. The highest BCUT2D eigenvalue weighted by Crippen LogP contribution is 2.24. The highest BCUT2D eigenvalue weighted by molar-refractivity contribution is 7.89. The molecule has 2 N–H and O–H groups in total. The molecule has 0 spiro atoms. The van der Waals surface area contributed by atoms with Gasteiger partial charge in [-0.2, -0.15) is 4.31 Å². The first-order valence-electron chi connectivity index (χ1n) is 6.38. The Kier molecular flexibility index (Phi) is 4.10. The Morgan fingerprint density at radius 3 is 2.75 bits per heavy atom. The number of halogens is 1. The summed E-state index contributed by atoms with van der Waals surface area (Å²) in [6.07, 6.45) is 1.19. The predicted molar refractivity (Wildman–Crippen MR) is 71.8 cm³/mol. The van der Waals surface area contributed by atoms with Gasteiger partial charge in [-0.1, -0.05) is 0 Å². The lowest BCUT2D eigenvalue weighted by atomic mass is 9.99. The largest absolute Gasteiger partial charge is 0.369 e.